The number of carboxylic acid groups (broad SMARTS) is 1. The molecule has 1 heterocycles. The summed E-state index contributed by atoms with van der Waals surface area (Å²) < 4.78 is 5.35. The number of methoxy groups -OCH3 is 1. The molecule has 0 aliphatic carbocycles. The van der Waals surface area contributed by atoms with Gasteiger partial charge in [-0.05, 0) is 30.5 Å². The molecular weight excluding hydrogens is 330 g/mol. The van der Waals surface area contributed by atoms with Crippen molar-refractivity contribution < 1.29 is 19.4 Å². The van der Waals surface area contributed by atoms with E-state index in [0.717, 1.165) is 5.56 Å². The van der Waals surface area contributed by atoms with Crippen molar-refractivity contribution in [2.24, 2.45) is 5.41 Å². The van der Waals surface area contributed by atoms with Crippen molar-refractivity contribution in [3.63, 3.8) is 0 Å². The monoisotopic (exact) mass is 353 g/mol. The van der Waals surface area contributed by atoms with E-state index in [0.29, 0.717) is 24.4 Å². The van der Waals surface area contributed by atoms with Crippen molar-refractivity contribution in [3.05, 3.63) is 34.9 Å². The van der Waals surface area contributed by atoms with Gasteiger partial charge in [-0.15, -0.1) is 0 Å². The van der Waals surface area contributed by atoms with Gasteiger partial charge in [-0.3, -0.25) is 9.59 Å². The van der Waals surface area contributed by atoms with Crippen molar-refractivity contribution in [1.82, 2.24) is 4.90 Å². The zero-order chi connectivity index (χ0) is 17.9. The number of benzene rings is 1. The zero-order valence-electron chi connectivity index (χ0n) is 14.3. The van der Waals surface area contributed by atoms with Gasteiger partial charge in [0, 0.05) is 30.1 Å². The normalized spacial score (nSPS) is 21.1. The minimum atomic E-state index is -0.901. The van der Waals surface area contributed by atoms with E-state index in [-0.39, 0.29) is 24.5 Å². The molecule has 0 spiro atoms. The third-order valence-electron chi connectivity index (χ3n) is 4.49. The first-order valence-corrected chi connectivity index (χ1v) is 8.41. The number of carboxylic acids is 1. The van der Waals surface area contributed by atoms with Crippen LogP contribution in [-0.4, -0.2) is 47.7 Å². The molecule has 2 atom stereocenters. The lowest BCUT2D eigenvalue weighted by molar-refractivity contribution is -0.144. The summed E-state index contributed by atoms with van der Waals surface area (Å²) in [5, 5.41) is 9.75. The van der Waals surface area contributed by atoms with Gasteiger partial charge in [-0.25, -0.2) is 0 Å². The minimum absolute atomic E-state index is 0.0479. The molecule has 2 rings (SSSR count). The van der Waals surface area contributed by atoms with Crippen molar-refractivity contribution in [2.45, 2.75) is 45.3 Å². The topological polar surface area (TPSA) is 66.8 Å². The van der Waals surface area contributed by atoms with Gasteiger partial charge in [-0.1, -0.05) is 37.6 Å². The van der Waals surface area contributed by atoms with Gasteiger partial charge in [-0.2, -0.15) is 0 Å². The molecule has 24 heavy (non-hydrogen) atoms. The highest BCUT2D eigenvalue weighted by atomic mass is 35.5. The first-order chi connectivity index (χ1) is 11.2. The summed E-state index contributed by atoms with van der Waals surface area (Å²) >= 11 is 6.02. The lowest BCUT2D eigenvalue weighted by Crippen LogP contribution is -2.45. The largest absolute Gasteiger partial charge is 0.481 e. The van der Waals surface area contributed by atoms with Crippen molar-refractivity contribution >= 4 is 23.5 Å². The standard InChI is InChI=1S/C18H24ClNO4/c1-18(2,10-12-5-4-6-13(19)7-12)17(23)20-11-15(24-3)8-14(20)9-16(21)22/h4-7,14-15H,8-11H2,1-3H3,(H,21,22). The molecule has 0 bridgehead atoms. The van der Waals surface area contributed by atoms with Crippen LogP contribution in [0.1, 0.15) is 32.3 Å². The van der Waals surface area contributed by atoms with E-state index in [4.69, 9.17) is 21.4 Å². The highest BCUT2D eigenvalue weighted by molar-refractivity contribution is 6.30. The fourth-order valence-electron chi connectivity index (χ4n) is 3.31. The summed E-state index contributed by atoms with van der Waals surface area (Å²) in [6.45, 7) is 4.20. The number of likely N-dealkylation sites (tertiary alicyclic amines) is 1. The quantitative estimate of drug-likeness (QED) is 0.853. The lowest BCUT2D eigenvalue weighted by atomic mass is 9.84. The van der Waals surface area contributed by atoms with Crippen molar-refractivity contribution in [2.75, 3.05) is 13.7 Å². The SMILES string of the molecule is COC1CC(CC(=O)O)N(C(=O)C(C)(C)Cc2cccc(Cl)c2)C1. The number of aliphatic carboxylic acids is 1. The number of hydrogen-bond donors (Lipinski definition) is 1. The Kier molecular flexibility index (Phi) is 5.88. The van der Waals surface area contributed by atoms with E-state index in [9.17, 15) is 9.59 Å². The van der Waals surface area contributed by atoms with Crippen LogP contribution in [0.2, 0.25) is 5.02 Å². The first kappa shape index (κ1) is 18.7. The number of nitrogens with zero attached hydrogens (tertiary/aromatic N) is 1. The minimum Gasteiger partial charge on any atom is -0.481 e. The number of carbonyl (C=O) groups is 2. The highest BCUT2D eigenvalue weighted by Gasteiger charge is 2.42. The number of rotatable bonds is 6. The van der Waals surface area contributed by atoms with Crippen LogP contribution in [0, 0.1) is 5.41 Å². The van der Waals surface area contributed by atoms with E-state index >= 15 is 0 Å². The van der Waals surface area contributed by atoms with Gasteiger partial charge >= 0.3 is 5.97 Å². The molecule has 0 aromatic heterocycles. The Morgan fingerprint density at radius 2 is 2.12 bits per heavy atom. The van der Waals surface area contributed by atoms with Gasteiger partial charge in [0.15, 0.2) is 0 Å². The van der Waals surface area contributed by atoms with E-state index in [1.165, 1.54) is 0 Å². The molecule has 2 unspecified atom stereocenters. The molecule has 1 amide bonds. The van der Waals surface area contributed by atoms with Crippen LogP contribution < -0.4 is 0 Å². The predicted molar refractivity (Wildman–Crippen MR) is 92.1 cm³/mol. The number of hydrogen-bond acceptors (Lipinski definition) is 3. The molecule has 5 nitrogen and oxygen atoms in total. The van der Waals surface area contributed by atoms with Crippen LogP contribution in [0.3, 0.4) is 0 Å². The Labute approximate surface area is 147 Å². The van der Waals surface area contributed by atoms with Crippen LogP contribution >= 0.6 is 11.6 Å². The molecule has 1 aromatic carbocycles. The third-order valence-corrected chi connectivity index (χ3v) is 4.73. The maximum atomic E-state index is 13.1. The maximum Gasteiger partial charge on any atom is 0.305 e. The van der Waals surface area contributed by atoms with Gasteiger partial charge in [0.05, 0.1) is 12.5 Å². The molecule has 1 aromatic rings. The van der Waals surface area contributed by atoms with Gasteiger partial charge in [0.25, 0.3) is 0 Å². The Balaban J connectivity index is 2.15. The average Bonchev–Trinajstić information content (AvgIpc) is 2.88. The molecule has 1 fully saturated rings. The second kappa shape index (κ2) is 7.53. The van der Waals surface area contributed by atoms with E-state index in [1.807, 2.05) is 32.0 Å². The molecule has 132 valence electrons. The Hall–Kier alpha value is -1.59. The number of carbonyl (C=O) groups excluding carboxylic acids is 1. The molecule has 1 N–H and O–H groups in total. The molecule has 6 heteroatoms. The summed E-state index contributed by atoms with van der Waals surface area (Å²) in [5.41, 5.74) is 0.336. The van der Waals surface area contributed by atoms with Crippen molar-refractivity contribution in [3.8, 4) is 0 Å². The van der Waals surface area contributed by atoms with Crippen LogP contribution in [0.15, 0.2) is 24.3 Å². The number of halogens is 1. The van der Waals surface area contributed by atoms with Crippen LogP contribution in [0.25, 0.3) is 0 Å². The summed E-state index contributed by atoms with van der Waals surface area (Å²) in [7, 11) is 1.59. The highest BCUT2D eigenvalue weighted by Crippen LogP contribution is 2.31. The van der Waals surface area contributed by atoms with E-state index < -0.39 is 11.4 Å². The molecule has 0 saturated carbocycles. The second-order valence-electron chi connectivity index (χ2n) is 6.99. The Morgan fingerprint density at radius 1 is 1.42 bits per heavy atom. The summed E-state index contributed by atoms with van der Waals surface area (Å²) in [6.07, 6.45) is 0.932. The fraction of sp³-hybridized carbons (Fsp3) is 0.556. The lowest BCUT2D eigenvalue weighted by Gasteiger charge is -2.32. The molecular formula is C18H24ClNO4. The Bertz CT molecular complexity index is 617. The Morgan fingerprint density at radius 3 is 2.71 bits per heavy atom. The van der Waals surface area contributed by atoms with Crippen LogP contribution in [-0.2, 0) is 20.7 Å². The summed E-state index contributed by atoms with van der Waals surface area (Å²) in [5.74, 6) is -0.949. The van der Waals surface area contributed by atoms with Gasteiger partial charge in [0.1, 0.15) is 0 Å². The van der Waals surface area contributed by atoms with Crippen molar-refractivity contribution in [1.29, 1.82) is 0 Å². The molecule has 1 saturated heterocycles. The third kappa shape index (κ3) is 4.48. The number of amides is 1. The number of ether oxygens (including phenoxy) is 1. The molecule has 0 radical (unpaired) electrons. The summed E-state index contributed by atoms with van der Waals surface area (Å²) in [6, 6.07) is 7.14. The second-order valence-corrected chi connectivity index (χ2v) is 7.43. The average molecular weight is 354 g/mol. The van der Waals surface area contributed by atoms with Gasteiger partial charge < -0.3 is 14.7 Å². The molecule has 1 aliphatic rings. The smallest absolute Gasteiger partial charge is 0.305 e. The van der Waals surface area contributed by atoms with Gasteiger partial charge in [0.2, 0.25) is 5.91 Å². The van der Waals surface area contributed by atoms with Crippen LogP contribution in [0.4, 0.5) is 0 Å². The fourth-order valence-corrected chi connectivity index (χ4v) is 3.52. The van der Waals surface area contributed by atoms with Crippen LogP contribution in [0.5, 0.6) is 0 Å². The molecule has 1 aliphatic heterocycles. The maximum absolute atomic E-state index is 13.1. The van der Waals surface area contributed by atoms with E-state index in [1.54, 1.807) is 18.1 Å². The predicted octanol–water partition coefficient (Wildman–Crippen LogP) is 3.00. The van der Waals surface area contributed by atoms with E-state index in [2.05, 4.69) is 0 Å². The first-order valence-electron chi connectivity index (χ1n) is 8.03. The zero-order valence-corrected chi connectivity index (χ0v) is 15.0. The summed E-state index contributed by atoms with van der Waals surface area (Å²) in [4.78, 5) is 25.8.